The van der Waals surface area contributed by atoms with Gasteiger partial charge in [0.05, 0.1) is 11.4 Å². The summed E-state index contributed by atoms with van der Waals surface area (Å²) in [5.41, 5.74) is 8.10. The van der Waals surface area contributed by atoms with Gasteiger partial charge < -0.3 is 11.1 Å². The van der Waals surface area contributed by atoms with Gasteiger partial charge in [-0.3, -0.25) is 4.90 Å². The van der Waals surface area contributed by atoms with Crippen LogP contribution in [-0.2, 0) is 0 Å². The number of fused-ring (bicyclic) bond motifs is 2. The molecule has 2 aliphatic heterocycles. The fourth-order valence-corrected chi connectivity index (χ4v) is 5.15. The number of nitrogens with one attached hydrogen (secondary N) is 1. The Kier molecular flexibility index (Phi) is 4.00. The van der Waals surface area contributed by atoms with Gasteiger partial charge in [0.25, 0.3) is 0 Å². The van der Waals surface area contributed by atoms with Gasteiger partial charge in [-0.05, 0) is 50.7 Å². The van der Waals surface area contributed by atoms with Crippen LogP contribution in [-0.4, -0.2) is 29.1 Å². The first-order valence-electron chi connectivity index (χ1n) is 9.20. The van der Waals surface area contributed by atoms with Crippen molar-refractivity contribution in [2.45, 2.75) is 82.0 Å². The van der Waals surface area contributed by atoms with E-state index in [1.54, 1.807) is 0 Å². The lowest BCUT2D eigenvalue weighted by molar-refractivity contribution is 0.0607. The van der Waals surface area contributed by atoms with Crippen molar-refractivity contribution >= 4 is 11.4 Å². The fraction of sp³-hybridized carbons (Fsp3) is 0.684. The van der Waals surface area contributed by atoms with Gasteiger partial charge in [0, 0.05) is 24.2 Å². The number of nitrogen functional groups attached to an aromatic ring is 1. The van der Waals surface area contributed by atoms with Gasteiger partial charge in [0.15, 0.2) is 0 Å². The van der Waals surface area contributed by atoms with Crippen LogP contribution in [0.1, 0.15) is 57.8 Å². The summed E-state index contributed by atoms with van der Waals surface area (Å²) >= 11 is 0. The molecule has 120 valence electrons. The van der Waals surface area contributed by atoms with Crippen molar-refractivity contribution in [3.05, 3.63) is 24.3 Å². The van der Waals surface area contributed by atoms with Crippen molar-refractivity contribution in [2.24, 2.45) is 0 Å². The smallest absolute Gasteiger partial charge is 0.0576 e. The summed E-state index contributed by atoms with van der Waals surface area (Å²) in [5.74, 6) is 0. The molecule has 0 radical (unpaired) electrons. The zero-order valence-electron chi connectivity index (χ0n) is 13.5. The highest BCUT2D eigenvalue weighted by atomic mass is 15.3. The number of piperidine rings is 1. The summed E-state index contributed by atoms with van der Waals surface area (Å²) in [6.45, 7) is 0. The minimum Gasteiger partial charge on any atom is -0.397 e. The van der Waals surface area contributed by atoms with Crippen LogP contribution < -0.4 is 11.1 Å². The lowest BCUT2D eigenvalue weighted by Crippen LogP contribution is -2.52. The standard InChI is InChI=1S/C19H29N3/c20-18-8-4-5-9-19(18)21-14-12-16-10-11-17(13-14)22(16)15-6-2-1-3-7-15/h4-5,8-9,14-17,21H,1-3,6-7,10-13,20H2/t14-,16+,17-. The van der Waals surface area contributed by atoms with Crippen LogP contribution in [0.25, 0.3) is 0 Å². The summed E-state index contributed by atoms with van der Waals surface area (Å²) in [7, 11) is 0. The monoisotopic (exact) mass is 299 g/mol. The summed E-state index contributed by atoms with van der Waals surface area (Å²) < 4.78 is 0. The number of rotatable bonds is 3. The molecule has 0 amide bonds. The molecular formula is C19H29N3. The maximum absolute atomic E-state index is 6.09. The Labute approximate surface area is 134 Å². The maximum Gasteiger partial charge on any atom is 0.0576 e. The van der Waals surface area contributed by atoms with Crippen LogP contribution in [0.15, 0.2) is 24.3 Å². The molecule has 1 saturated carbocycles. The molecule has 3 heteroatoms. The largest absolute Gasteiger partial charge is 0.397 e. The molecule has 3 aliphatic rings. The number of benzene rings is 1. The molecule has 1 aromatic rings. The van der Waals surface area contributed by atoms with Crippen molar-refractivity contribution < 1.29 is 0 Å². The highest BCUT2D eigenvalue weighted by Gasteiger charge is 2.43. The van der Waals surface area contributed by atoms with Gasteiger partial charge in [-0.1, -0.05) is 31.4 Å². The average Bonchev–Trinajstić information content (AvgIpc) is 2.82. The number of hydrogen-bond donors (Lipinski definition) is 2. The van der Waals surface area contributed by atoms with Gasteiger partial charge in [-0.2, -0.15) is 0 Å². The van der Waals surface area contributed by atoms with E-state index in [2.05, 4.69) is 22.3 Å². The van der Waals surface area contributed by atoms with E-state index in [9.17, 15) is 0 Å². The first kappa shape index (κ1) is 14.4. The molecule has 1 aliphatic carbocycles. The molecule has 3 N–H and O–H groups in total. The molecule has 2 bridgehead atoms. The molecule has 4 rings (SSSR count). The quantitative estimate of drug-likeness (QED) is 0.829. The Hall–Kier alpha value is -1.22. The zero-order valence-corrected chi connectivity index (χ0v) is 13.5. The minimum absolute atomic E-state index is 0.599. The van der Waals surface area contributed by atoms with Gasteiger partial charge in [0.2, 0.25) is 0 Å². The van der Waals surface area contributed by atoms with E-state index in [4.69, 9.17) is 5.73 Å². The lowest BCUT2D eigenvalue weighted by atomic mass is 9.88. The Morgan fingerprint density at radius 1 is 0.864 bits per heavy atom. The van der Waals surface area contributed by atoms with Crippen LogP contribution in [0, 0.1) is 0 Å². The molecular weight excluding hydrogens is 270 g/mol. The number of hydrogen-bond acceptors (Lipinski definition) is 3. The maximum atomic E-state index is 6.09. The molecule has 1 aromatic carbocycles. The number of para-hydroxylation sites is 2. The van der Waals surface area contributed by atoms with Gasteiger partial charge in [-0.15, -0.1) is 0 Å². The zero-order chi connectivity index (χ0) is 14.9. The molecule has 0 aromatic heterocycles. The normalized spacial score (nSPS) is 33.0. The van der Waals surface area contributed by atoms with E-state index >= 15 is 0 Å². The number of nitrogens with two attached hydrogens (primary N) is 1. The van der Waals surface area contributed by atoms with E-state index < -0.39 is 0 Å². The number of nitrogens with zero attached hydrogens (tertiary/aromatic N) is 1. The minimum atomic E-state index is 0.599. The van der Waals surface area contributed by atoms with Crippen LogP contribution >= 0.6 is 0 Å². The summed E-state index contributed by atoms with van der Waals surface area (Å²) in [6, 6.07) is 11.3. The summed E-state index contributed by atoms with van der Waals surface area (Å²) in [4.78, 5) is 2.92. The van der Waals surface area contributed by atoms with E-state index in [1.807, 2.05) is 12.1 Å². The highest BCUT2D eigenvalue weighted by Crippen LogP contribution is 2.41. The molecule has 0 unspecified atom stereocenters. The highest BCUT2D eigenvalue weighted by molar-refractivity contribution is 5.66. The third kappa shape index (κ3) is 2.71. The molecule has 3 nitrogen and oxygen atoms in total. The third-order valence-electron chi connectivity index (χ3n) is 6.11. The second-order valence-corrected chi connectivity index (χ2v) is 7.52. The average molecular weight is 299 g/mol. The Morgan fingerprint density at radius 3 is 2.23 bits per heavy atom. The van der Waals surface area contributed by atoms with E-state index in [-0.39, 0.29) is 0 Å². The van der Waals surface area contributed by atoms with Crippen molar-refractivity contribution in [2.75, 3.05) is 11.1 Å². The van der Waals surface area contributed by atoms with Gasteiger partial charge in [0.1, 0.15) is 0 Å². The molecule has 0 spiro atoms. The topological polar surface area (TPSA) is 41.3 Å². The molecule has 3 atom stereocenters. The Bertz CT molecular complexity index is 495. The lowest BCUT2D eigenvalue weighted by Gasteiger charge is -2.45. The van der Waals surface area contributed by atoms with Gasteiger partial charge >= 0.3 is 0 Å². The van der Waals surface area contributed by atoms with Crippen LogP contribution in [0.2, 0.25) is 0 Å². The van der Waals surface area contributed by atoms with Gasteiger partial charge in [-0.25, -0.2) is 0 Å². The third-order valence-corrected chi connectivity index (χ3v) is 6.11. The first-order chi connectivity index (χ1) is 10.8. The van der Waals surface area contributed by atoms with E-state index in [1.165, 1.54) is 57.8 Å². The Morgan fingerprint density at radius 2 is 1.55 bits per heavy atom. The van der Waals surface area contributed by atoms with Crippen molar-refractivity contribution in [1.82, 2.24) is 4.90 Å². The second kappa shape index (κ2) is 6.11. The van der Waals surface area contributed by atoms with Crippen LogP contribution in [0.4, 0.5) is 11.4 Å². The predicted molar refractivity (Wildman–Crippen MR) is 93.0 cm³/mol. The van der Waals surface area contributed by atoms with E-state index in [0.29, 0.717) is 6.04 Å². The number of anilines is 2. The fourth-order valence-electron chi connectivity index (χ4n) is 5.15. The van der Waals surface area contributed by atoms with Crippen LogP contribution in [0.5, 0.6) is 0 Å². The molecule has 2 heterocycles. The summed E-state index contributed by atoms with van der Waals surface area (Å²) in [5, 5.41) is 3.72. The predicted octanol–water partition coefficient (Wildman–Crippen LogP) is 4.01. The SMILES string of the molecule is Nc1ccccc1N[C@H]1C[C@H]2CC[C@@H](C1)N2C1CCCCC1. The van der Waals surface area contributed by atoms with Crippen molar-refractivity contribution in [1.29, 1.82) is 0 Å². The van der Waals surface area contributed by atoms with Crippen molar-refractivity contribution in [3.8, 4) is 0 Å². The van der Waals surface area contributed by atoms with Crippen molar-refractivity contribution in [3.63, 3.8) is 0 Å². The summed E-state index contributed by atoms with van der Waals surface area (Å²) in [6.07, 6.45) is 12.6. The van der Waals surface area contributed by atoms with Crippen LogP contribution in [0.3, 0.4) is 0 Å². The molecule has 3 fully saturated rings. The first-order valence-corrected chi connectivity index (χ1v) is 9.20. The molecule has 2 saturated heterocycles. The molecule has 22 heavy (non-hydrogen) atoms. The Balaban J connectivity index is 1.42. The second-order valence-electron chi connectivity index (χ2n) is 7.52. The van der Waals surface area contributed by atoms with E-state index in [0.717, 1.165) is 29.5 Å².